The van der Waals surface area contributed by atoms with E-state index in [9.17, 15) is 8.42 Å². The van der Waals surface area contributed by atoms with Crippen molar-refractivity contribution in [2.75, 3.05) is 19.7 Å². The van der Waals surface area contributed by atoms with Crippen molar-refractivity contribution < 1.29 is 13.2 Å². The summed E-state index contributed by atoms with van der Waals surface area (Å²) in [6.07, 6.45) is 3.43. The Morgan fingerprint density at radius 3 is 2.89 bits per heavy atom. The molecule has 2 rings (SSSR count). The molecule has 5 nitrogen and oxygen atoms in total. The van der Waals surface area contributed by atoms with Gasteiger partial charge in [-0.2, -0.15) is 4.31 Å². The standard InChI is InChI=1S/C12H19ClN2O3S/c1-2-15(9-11-4-3-5-18-11)19(16,17)12-6-10(7-13)14-8-12/h6,8,11,14H,2-5,7,9H2,1H3. The molecule has 1 atom stereocenters. The highest BCUT2D eigenvalue weighted by molar-refractivity contribution is 7.89. The Balaban J connectivity index is 2.15. The maximum atomic E-state index is 12.5. The second-order valence-electron chi connectivity index (χ2n) is 4.58. The molecule has 2 heterocycles. The van der Waals surface area contributed by atoms with Gasteiger partial charge in [-0.05, 0) is 18.9 Å². The molecule has 0 aromatic carbocycles. The molecule has 1 N–H and O–H groups in total. The Morgan fingerprint density at radius 2 is 2.37 bits per heavy atom. The van der Waals surface area contributed by atoms with E-state index in [1.54, 1.807) is 6.07 Å². The van der Waals surface area contributed by atoms with Gasteiger partial charge in [-0.3, -0.25) is 0 Å². The number of likely N-dealkylation sites (N-methyl/N-ethyl adjacent to an activating group) is 1. The average Bonchev–Trinajstić information content (AvgIpc) is 3.06. The van der Waals surface area contributed by atoms with Gasteiger partial charge in [-0.25, -0.2) is 8.42 Å². The summed E-state index contributed by atoms with van der Waals surface area (Å²) in [4.78, 5) is 3.13. The largest absolute Gasteiger partial charge is 0.377 e. The molecule has 19 heavy (non-hydrogen) atoms. The average molecular weight is 307 g/mol. The lowest BCUT2D eigenvalue weighted by molar-refractivity contribution is 0.0947. The molecule has 0 amide bonds. The van der Waals surface area contributed by atoms with Crippen LogP contribution in [0.2, 0.25) is 0 Å². The van der Waals surface area contributed by atoms with Crippen molar-refractivity contribution in [1.82, 2.24) is 9.29 Å². The van der Waals surface area contributed by atoms with Gasteiger partial charge >= 0.3 is 0 Å². The fourth-order valence-electron chi connectivity index (χ4n) is 2.21. The van der Waals surface area contributed by atoms with Crippen LogP contribution in [-0.4, -0.2) is 43.5 Å². The lowest BCUT2D eigenvalue weighted by Gasteiger charge is -2.22. The highest BCUT2D eigenvalue weighted by Gasteiger charge is 2.28. The molecule has 1 unspecified atom stereocenters. The van der Waals surface area contributed by atoms with Crippen molar-refractivity contribution in [2.24, 2.45) is 0 Å². The fraction of sp³-hybridized carbons (Fsp3) is 0.667. The molecule has 0 bridgehead atoms. The van der Waals surface area contributed by atoms with E-state index in [0.29, 0.717) is 18.8 Å². The third-order valence-electron chi connectivity index (χ3n) is 3.28. The van der Waals surface area contributed by atoms with Gasteiger partial charge in [0, 0.05) is 31.6 Å². The van der Waals surface area contributed by atoms with Gasteiger partial charge in [-0.1, -0.05) is 6.92 Å². The van der Waals surface area contributed by atoms with E-state index in [1.165, 1.54) is 10.5 Å². The molecule has 1 aliphatic heterocycles. The summed E-state index contributed by atoms with van der Waals surface area (Å²) in [6.45, 7) is 3.41. The molecule has 0 saturated carbocycles. The third-order valence-corrected chi connectivity index (χ3v) is 5.49. The first-order valence-electron chi connectivity index (χ1n) is 6.43. The first-order chi connectivity index (χ1) is 9.07. The van der Waals surface area contributed by atoms with E-state index in [-0.39, 0.29) is 16.9 Å². The maximum absolute atomic E-state index is 12.5. The van der Waals surface area contributed by atoms with Crippen molar-refractivity contribution in [1.29, 1.82) is 0 Å². The highest BCUT2D eigenvalue weighted by Crippen LogP contribution is 2.20. The topological polar surface area (TPSA) is 62.4 Å². The van der Waals surface area contributed by atoms with Gasteiger partial charge in [0.15, 0.2) is 0 Å². The molecule has 1 fully saturated rings. The van der Waals surface area contributed by atoms with E-state index in [2.05, 4.69) is 4.98 Å². The van der Waals surface area contributed by atoms with Crippen molar-refractivity contribution in [3.05, 3.63) is 18.0 Å². The number of aromatic amines is 1. The Hall–Kier alpha value is -0.560. The number of hydrogen-bond donors (Lipinski definition) is 1. The van der Waals surface area contributed by atoms with Crippen molar-refractivity contribution in [2.45, 2.75) is 36.6 Å². The number of sulfonamides is 1. The lowest BCUT2D eigenvalue weighted by atomic mass is 10.2. The molecule has 0 radical (unpaired) electrons. The zero-order valence-corrected chi connectivity index (χ0v) is 12.5. The van der Waals surface area contributed by atoms with Crippen molar-refractivity contribution in [3.63, 3.8) is 0 Å². The Labute approximate surface area is 118 Å². The summed E-state index contributed by atoms with van der Waals surface area (Å²) >= 11 is 5.68. The zero-order chi connectivity index (χ0) is 13.9. The first kappa shape index (κ1) is 14.8. The van der Waals surface area contributed by atoms with E-state index in [0.717, 1.165) is 19.4 Å². The summed E-state index contributed by atoms with van der Waals surface area (Å²) < 4.78 is 31.9. The molecule has 1 aliphatic rings. The van der Waals surface area contributed by atoms with Crippen LogP contribution in [0.15, 0.2) is 17.2 Å². The minimum absolute atomic E-state index is 0.0150. The maximum Gasteiger partial charge on any atom is 0.244 e. The second-order valence-corrected chi connectivity index (χ2v) is 6.79. The van der Waals surface area contributed by atoms with Crippen LogP contribution in [0.5, 0.6) is 0 Å². The van der Waals surface area contributed by atoms with Gasteiger partial charge in [-0.15, -0.1) is 11.6 Å². The summed E-state index contributed by atoms with van der Waals surface area (Å²) in [5, 5.41) is 0. The van der Waals surface area contributed by atoms with Crippen LogP contribution in [0, 0.1) is 0 Å². The number of nitrogens with zero attached hydrogens (tertiary/aromatic N) is 1. The van der Waals surface area contributed by atoms with Crippen LogP contribution in [0.1, 0.15) is 25.5 Å². The van der Waals surface area contributed by atoms with Crippen LogP contribution < -0.4 is 0 Å². The van der Waals surface area contributed by atoms with Crippen molar-refractivity contribution >= 4 is 21.6 Å². The predicted molar refractivity (Wildman–Crippen MR) is 73.8 cm³/mol. The van der Waals surface area contributed by atoms with E-state index in [1.807, 2.05) is 6.92 Å². The SMILES string of the molecule is CCN(CC1CCCO1)S(=O)(=O)c1c[nH]c(CCl)c1. The van der Waals surface area contributed by atoms with Gasteiger partial charge < -0.3 is 9.72 Å². The highest BCUT2D eigenvalue weighted by atomic mass is 35.5. The van der Waals surface area contributed by atoms with Gasteiger partial charge in [0.05, 0.1) is 16.9 Å². The Bertz CT molecular complexity index is 509. The number of aromatic nitrogens is 1. The third kappa shape index (κ3) is 3.31. The van der Waals surface area contributed by atoms with Crippen molar-refractivity contribution in [3.8, 4) is 0 Å². The molecule has 1 aromatic heterocycles. The molecule has 108 valence electrons. The smallest absolute Gasteiger partial charge is 0.244 e. The van der Waals surface area contributed by atoms with E-state index < -0.39 is 10.0 Å². The summed E-state index contributed by atoms with van der Waals surface area (Å²) in [6, 6.07) is 1.58. The molecular weight excluding hydrogens is 288 g/mol. The van der Waals surface area contributed by atoms with E-state index in [4.69, 9.17) is 16.3 Å². The Kier molecular flexibility index (Phi) is 4.89. The van der Waals surface area contributed by atoms with Crippen LogP contribution >= 0.6 is 11.6 Å². The second kappa shape index (κ2) is 6.26. The summed E-state index contributed by atoms with van der Waals surface area (Å²) in [5.74, 6) is 0.271. The summed E-state index contributed by atoms with van der Waals surface area (Å²) in [7, 11) is -3.46. The van der Waals surface area contributed by atoms with Crippen LogP contribution in [-0.2, 0) is 20.6 Å². The number of rotatable bonds is 6. The minimum atomic E-state index is -3.46. The number of alkyl halides is 1. The molecule has 7 heteroatoms. The molecule has 0 aliphatic carbocycles. The van der Waals surface area contributed by atoms with Crippen LogP contribution in [0.4, 0.5) is 0 Å². The molecular formula is C12H19ClN2O3S. The normalized spacial score (nSPS) is 20.3. The lowest BCUT2D eigenvalue weighted by Crippen LogP contribution is -2.37. The zero-order valence-electron chi connectivity index (χ0n) is 10.9. The number of halogens is 1. The number of ether oxygens (including phenoxy) is 1. The predicted octanol–water partition coefficient (Wildman–Crippen LogP) is 1.94. The summed E-state index contributed by atoms with van der Waals surface area (Å²) in [5.41, 5.74) is 0.702. The van der Waals surface area contributed by atoms with Crippen LogP contribution in [0.25, 0.3) is 0 Å². The van der Waals surface area contributed by atoms with Crippen LogP contribution in [0.3, 0.4) is 0 Å². The first-order valence-corrected chi connectivity index (χ1v) is 8.40. The monoisotopic (exact) mass is 306 g/mol. The van der Waals surface area contributed by atoms with Gasteiger partial charge in [0.25, 0.3) is 0 Å². The molecule has 1 saturated heterocycles. The fourth-order valence-corrected chi connectivity index (χ4v) is 3.86. The molecule has 0 spiro atoms. The minimum Gasteiger partial charge on any atom is -0.377 e. The Morgan fingerprint density at radius 1 is 1.58 bits per heavy atom. The quantitative estimate of drug-likeness (QED) is 0.817. The number of nitrogens with one attached hydrogen (secondary N) is 1. The number of H-pyrrole nitrogens is 1. The number of hydrogen-bond acceptors (Lipinski definition) is 3. The van der Waals surface area contributed by atoms with Gasteiger partial charge in [0.2, 0.25) is 10.0 Å². The van der Waals surface area contributed by atoms with E-state index >= 15 is 0 Å². The van der Waals surface area contributed by atoms with Gasteiger partial charge in [0.1, 0.15) is 0 Å². The molecule has 1 aromatic rings.